The number of hydrogen-bond acceptors (Lipinski definition) is 2. The number of rotatable bonds is 5. The van der Waals surface area contributed by atoms with Crippen LogP contribution < -0.4 is 0 Å². The maximum absolute atomic E-state index is 11.7. The lowest BCUT2D eigenvalue weighted by atomic mass is 9.84. The van der Waals surface area contributed by atoms with Gasteiger partial charge < -0.3 is 5.11 Å². The molecule has 0 radical (unpaired) electrons. The van der Waals surface area contributed by atoms with Crippen molar-refractivity contribution in [2.75, 3.05) is 0 Å². The molecule has 0 aliphatic heterocycles. The van der Waals surface area contributed by atoms with Gasteiger partial charge in [0, 0.05) is 0 Å². The predicted molar refractivity (Wildman–Crippen MR) is 86.5 cm³/mol. The van der Waals surface area contributed by atoms with Crippen LogP contribution in [-0.2, 0) is 4.79 Å². The molecule has 0 amide bonds. The number of aliphatic carboxylic acids is 1. The third kappa shape index (κ3) is 2.84. The van der Waals surface area contributed by atoms with Crippen molar-refractivity contribution in [1.29, 1.82) is 0 Å². The Kier molecular flexibility index (Phi) is 4.02. The van der Waals surface area contributed by atoms with E-state index in [1.807, 2.05) is 36.4 Å². The van der Waals surface area contributed by atoms with E-state index in [1.165, 1.54) is 11.1 Å². The zero-order valence-corrected chi connectivity index (χ0v) is 12.6. The first-order chi connectivity index (χ1) is 10.2. The average molecular weight is 298 g/mol. The van der Waals surface area contributed by atoms with Crippen LogP contribution in [0.3, 0.4) is 0 Å². The van der Waals surface area contributed by atoms with Crippen molar-refractivity contribution in [1.82, 2.24) is 0 Å². The van der Waals surface area contributed by atoms with Gasteiger partial charge in [0.1, 0.15) is 4.75 Å². The zero-order valence-electron chi connectivity index (χ0n) is 11.7. The topological polar surface area (TPSA) is 37.3 Å². The molecule has 0 bridgehead atoms. The fourth-order valence-electron chi connectivity index (χ4n) is 2.69. The van der Waals surface area contributed by atoms with Gasteiger partial charge in [0.2, 0.25) is 0 Å². The van der Waals surface area contributed by atoms with Crippen molar-refractivity contribution in [2.24, 2.45) is 0 Å². The summed E-state index contributed by atoms with van der Waals surface area (Å²) in [7, 11) is 0. The van der Waals surface area contributed by atoms with E-state index in [-0.39, 0.29) is 5.25 Å². The summed E-state index contributed by atoms with van der Waals surface area (Å²) in [6.45, 7) is 0. The van der Waals surface area contributed by atoms with Gasteiger partial charge in [-0.1, -0.05) is 60.7 Å². The SMILES string of the molecule is O=C(O)C1(SC(c2ccccc2)c2ccccc2)CCC1. The molecule has 1 fully saturated rings. The van der Waals surface area contributed by atoms with Gasteiger partial charge in [-0.3, -0.25) is 4.79 Å². The molecule has 3 rings (SSSR count). The first kappa shape index (κ1) is 14.2. The van der Waals surface area contributed by atoms with Crippen LogP contribution in [0.1, 0.15) is 35.6 Å². The Hall–Kier alpha value is -1.74. The van der Waals surface area contributed by atoms with Crippen LogP contribution in [-0.4, -0.2) is 15.8 Å². The van der Waals surface area contributed by atoms with Gasteiger partial charge in [-0.05, 0) is 30.4 Å². The van der Waals surface area contributed by atoms with Crippen LogP contribution in [0.25, 0.3) is 0 Å². The highest BCUT2D eigenvalue weighted by molar-refractivity contribution is 8.01. The quantitative estimate of drug-likeness (QED) is 0.882. The van der Waals surface area contributed by atoms with E-state index >= 15 is 0 Å². The van der Waals surface area contributed by atoms with E-state index in [1.54, 1.807) is 11.8 Å². The molecule has 0 atom stereocenters. The molecule has 3 heteroatoms. The molecule has 0 unspecified atom stereocenters. The van der Waals surface area contributed by atoms with Gasteiger partial charge in [-0.25, -0.2) is 0 Å². The third-order valence-electron chi connectivity index (χ3n) is 4.10. The number of benzene rings is 2. The fraction of sp³-hybridized carbons (Fsp3) is 0.278. The predicted octanol–water partition coefficient (Wildman–Crippen LogP) is 4.52. The second-order valence-corrected chi connectivity index (χ2v) is 6.96. The molecule has 2 aromatic carbocycles. The lowest BCUT2D eigenvalue weighted by Gasteiger charge is -2.39. The molecule has 1 N–H and O–H groups in total. The van der Waals surface area contributed by atoms with Crippen molar-refractivity contribution in [3.8, 4) is 0 Å². The van der Waals surface area contributed by atoms with Gasteiger partial charge in [-0.2, -0.15) is 0 Å². The summed E-state index contributed by atoms with van der Waals surface area (Å²) in [6.07, 6.45) is 2.54. The Morgan fingerprint density at radius 2 is 1.43 bits per heavy atom. The highest BCUT2D eigenvalue weighted by Gasteiger charge is 2.47. The molecule has 2 nitrogen and oxygen atoms in total. The molecule has 108 valence electrons. The van der Waals surface area contributed by atoms with Crippen molar-refractivity contribution in [3.63, 3.8) is 0 Å². The molecule has 0 aromatic heterocycles. The Morgan fingerprint density at radius 1 is 0.952 bits per heavy atom. The average Bonchev–Trinajstić information content (AvgIpc) is 2.48. The molecule has 1 saturated carbocycles. The minimum absolute atomic E-state index is 0.0730. The summed E-state index contributed by atoms with van der Waals surface area (Å²) >= 11 is 1.59. The second-order valence-electron chi connectivity index (χ2n) is 5.47. The summed E-state index contributed by atoms with van der Waals surface area (Å²) in [5.41, 5.74) is 2.34. The molecule has 0 saturated heterocycles. The van der Waals surface area contributed by atoms with Gasteiger partial charge in [0.15, 0.2) is 0 Å². The van der Waals surface area contributed by atoms with E-state index < -0.39 is 10.7 Å². The van der Waals surface area contributed by atoms with E-state index in [0.29, 0.717) is 0 Å². The zero-order chi connectivity index (χ0) is 14.7. The van der Waals surface area contributed by atoms with Crippen LogP contribution in [0, 0.1) is 0 Å². The van der Waals surface area contributed by atoms with E-state index in [0.717, 1.165) is 19.3 Å². The highest BCUT2D eigenvalue weighted by Crippen LogP contribution is 2.52. The number of carbonyl (C=O) groups is 1. The van der Waals surface area contributed by atoms with Crippen molar-refractivity contribution in [2.45, 2.75) is 29.3 Å². The number of carboxylic acids is 1. The normalized spacial score (nSPS) is 16.4. The fourth-order valence-corrected chi connectivity index (χ4v) is 4.35. The van der Waals surface area contributed by atoms with Gasteiger partial charge in [0.05, 0.1) is 5.25 Å². The molecular weight excluding hydrogens is 280 g/mol. The summed E-state index contributed by atoms with van der Waals surface area (Å²) in [5.74, 6) is -0.671. The lowest BCUT2D eigenvalue weighted by molar-refractivity contribution is -0.142. The van der Waals surface area contributed by atoms with Crippen molar-refractivity contribution < 1.29 is 9.90 Å². The third-order valence-corrected chi connectivity index (χ3v) is 5.91. The molecule has 1 aliphatic rings. The monoisotopic (exact) mass is 298 g/mol. The number of thioether (sulfide) groups is 1. The Bertz CT molecular complexity index is 566. The molecule has 21 heavy (non-hydrogen) atoms. The summed E-state index contributed by atoms with van der Waals surface area (Å²) in [4.78, 5) is 11.7. The molecule has 0 spiro atoms. The number of hydrogen-bond donors (Lipinski definition) is 1. The molecule has 0 heterocycles. The Morgan fingerprint density at radius 3 is 1.76 bits per heavy atom. The Balaban J connectivity index is 1.95. The molecular formula is C18H18O2S. The first-order valence-corrected chi connectivity index (χ1v) is 8.10. The second kappa shape index (κ2) is 5.94. The van der Waals surface area contributed by atoms with Crippen molar-refractivity contribution in [3.05, 3.63) is 71.8 Å². The minimum Gasteiger partial charge on any atom is -0.480 e. The van der Waals surface area contributed by atoms with E-state index in [9.17, 15) is 9.90 Å². The van der Waals surface area contributed by atoms with Crippen LogP contribution >= 0.6 is 11.8 Å². The maximum Gasteiger partial charge on any atom is 0.319 e. The maximum atomic E-state index is 11.7. The molecule has 1 aliphatic carbocycles. The largest absolute Gasteiger partial charge is 0.480 e. The van der Waals surface area contributed by atoms with Gasteiger partial charge >= 0.3 is 5.97 Å². The summed E-state index contributed by atoms with van der Waals surface area (Å²) in [5, 5.41) is 9.68. The standard InChI is InChI=1S/C18H18O2S/c19-17(20)18(12-7-13-18)21-16(14-8-3-1-4-9-14)15-10-5-2-6-11-15/h1-6,8-11,16H,7,12-13H2,(H,19,20). The van der Waals surface area contributed by atoms with Crippen molar-refractivity contribution >= 4 is 17.7 Å². The smallest absolute Gasteiger partial charge is 0.319 e. The first-order valence-electron chi connectivity index (χ1n) is 7.22. The van der Waals surface area contributed by atoms with Gasteiger partial charge in [0.25, 0.3) is 0 Å². The summed E-state index contributed by atoms with van der Waals surface area (Å²) in [6, 6.07) is 20.4. The minimum atomic E-state index is -0.671. The molecule has 2 aromatic rings. The van der Waals surface area contributed by atoms with Crippen LogP contribution in [0.4, 0.5) is 0 Å². The Labute approximate surface area is 129 Å². The van der Waals surface area contributed by atoms with E-state index in [2.05, 4.69) is 24.3 Å². The summed E-state index contributed by atoms with van der Waals surface area (Å²) < 4.78 is -0.615. The highest BCUT2D eigenvalue weighted by atomic mass is 32.2. The van der Waals surface area contributed by atoms with Crippen LogP contribution in [0.5, 0.6) is 0 Å². The van der Waals surface area contributed by atoms with E-state index in [4.69, 9.17) is 0 Å². The van der Waals surface area contributed by atoms with Crippen LogP contribution in [0.2, 0.25) is 0 Å². The van der Waals surface area contributed by atoms with Crippen LogP contribution in [0.15, 0.2) is 60.7 Å². The van der Waals surface area contributed by atoms with Gasteiger partial charge in [-0.15, -0.1) is 11.8 Å². The number of carboxylic acid groups (broad SMARTS) is 1. The lowest BCUT2D eigenvalue weighted by Crippen LogP contribution is -2.42.